The average molecular weight is 258 g/mol. The monoisotopic (exact) mass is 258 g/mol. The van der Waals surface area contributed by atoms with Gasteiger partial charge in [0.05, 0.1) is 11.9 Å². The van der Waals surface area contributed by atoms with Crippen molar-refractivity contribution in [3.8, 4) is 6.07 Å². The first-order valence-corrected chi connectivity index (χ1v) is 7.13. The molecule has 1 fully saturated rings. The Morgan fingerprint density at radius 3 is 3.05 bits per heavy atom. The van der Waals surface area contributed by atoms with Crippen LogP contribution >= 0.6 is 0 Å². The molecule has 0 radical (unpaired) electrons. The van der Waals surface area contributed by atoms with E-state index in [0.717, 1.165) is 31.2 Å². The third-order valence-corrected chi connectivity index (χ3v) is 3.77. The lowest BCUT2D eigenvalue weighted by Gasteiger charge is -2.33. The van der Waals surface area contributed by atoms with Gasteiger partial charge in [0, 0.05) is 19.1 Å². The minimum Gasteiger partial charge on any atom is -0.384 e. The second-order valence-electron chi connectivity index (χ2n) is 5.21. The van der Waals surface area contributed by atoms with E-state index in [1.54, 1.807) is 12.3 Å². The summed E-state index contributed by atoms with van der Waals surface area (Å²) in [5.74, 6) is 0. The number of aromatic nitrogens is 1. The highest BCUT2D eigenvalue weighted by Crippen LogP contribution is 2.16. The van der Waals surface area contributed by atoms with Crippen molar-refractivity contribution in [3.05, 3.63) is 24.0 Å². The molecular weight excluding hydrogens is 236 g/mol. The molecule has 1 aromatic rings. The molecule has 0 spiro atoms. The number of rotatable bonds is 5. The fourth-order valence-electron chi connectivity index (χ4n) is 2.57. The summed E-state index contributed by atoms with van der Waals surface area (Å²) in [6.07, 6.45) is 6.93. The predicted molar refractivity (Wildman–Crippen MR) is 76.9 cm³/mol. The predicted octanol–water partition coefficient (Wildman–Crippen LogP) is 2.63. The number of piperidine rings is 1. The molecule has 1 aromatic heterocycles. The van der Waals surface area contributed by atoms with Crippen molar-refractivity contribution < 1.29 is 0 Å². The lowest BCUT2D eigenvalue weighted by Crippen LogP contribution is -2.38. The van der Waals surface area contributed by atoms with Crippen molar-refractivity contribution in [1.82, 2.24) is 9.88 Å². The van der Waals surface area contributed by atoms with Gasteiger partial charge in [-0.25, -0.2) is 4.98 Å². The molecule has 0 aromatic carbocycles. The maximum atomic E-state index is 8.67. The summed E-state index contributed by atoms with van der Waals surface area (Å²) in [7, 11) is 0. The number of hydrogen-bond acceptors (Lipinski definition) is 4. The second-order valence-corrected chi connectivity index (χ2v) is 5.21. The van der Waals surface area contributed by atoms with E-state index in [1.807, 2.05) is 12.1 Å². The van der Waals surface area contributed by atoms with Gasteiger partial charge in [-0.2, -0.15) is 5.26 Å². The highest BCUT2D eigenvalue weighted by Gasteiger charge is 2.16. The van der Waals surface area contributed by atoms with Gasteiger partial charge in [0.1, 0.15) is 11.8 Å². The number of hydrogen-bond donors (Lipinski definition) is 1. The Bertz CT molecular complexity index is 421. The van der Waals surface area contributed by atoms with Gasteiger partial charge in [-0.05, 0) is 44.9 Å². The number of likely N-dealkylation sites (tertiary alicyclic amines) is 1. The molecule has 1 unspecified atom stereocenters. The highest BCUT2D eigenvalue weighted by molar-refractivity contribution is 5.42. The van der Waals surface area contributed by atoms with Crippen molar-refractivity contribution in [2.45, 2.75) is 38.6 Å². The van der Waals surface area contributed by atoms with Crippen molar-refractivity contribution in [2.24, 2.45) is 0 Å². The quantitative estimate of drug-likeness (QED) is 0.825. The van der Waals surface area contributed by atoms with Gasteiger partial charge in [-0.3, -0.25) is 0 Å². The summed E-state index contributed by atoms with van der Waals surface area (Å²) in [6.45, 7) is 5.70. The fourth-order valence-corrected chi connectivity index (χ4v) is 2.57. The van der Waals surface area contributed by atoms with Crippen LogP contribution < -0.4 is 5.32 Å². The van der Waals surface area contributed by atoms with Crippen molar-refractivity contribution in [3.63, 3.8) is 0 Å². The van der Waals surface area contributed by atoms with Crippen LogP contribution in [0, 0.1) is 11.3 Å². The number of nitrogens with zero attached hydrogens (tertiary/aromatic N) is 3. The largest absolute Gasteiger partial charge is 0.384 e. The van der Waals surface area contributed by atoms with Crippen molar-refractivity contribution >= 4 is 5.69 Å². The Hall–Kier alpha value is -1.60. The molecule has 0 amide bonds. The number of nitriles is 1. The smallest absolute Gasteiger partial charge is 0.140 e. The molecule has 4 heteroatoms. The fraction of sp³-hybridized carbons (Fsp3) is 0.600. The van der Waals surface area contributed by atoms with Gasteiger partial charge in [0.15, 0.2) is 0 Å². The number of nitrogens with one attached hydrogen (secondary N) is 1. The summed E-state index contributed by atoms with van der Waals surface area (Å²) >= 11 is 0. The van der Waals surface area contributed by atoms with Crippen molar-refractivity contribution in [2.75, 3.05) is 25.0 Å². The van der Waals surface area contributed by atoms with Gasteiger partial charge in [0.2, 0.25) is 0 Å². The lowest BCUT2D eigenvalue weighted by atomic mass is 10.0. The zero-order chi connectivity index (χ0) is 13.5. The van der Waals surface area contributed by atoms with E-state index >= 15 is 0 Å². The maximum Gasteiger partial charge on any atom is 0.140 e. The minimum absolute atomic E-state index is 0.465. The van der Waals surface area contributed by atoms with Crippen LogP contribution in [0.5, 0.6) is 0 Å². The molecule has 1 atom stereocenters. The van der Waals surface area contributed by atoms with E-state index in [1.165, 1.54) is 25.8 Å². The summed E-state index contributed by atoms with van der Waals surface area (Å²) in [5, 5.41) is 12.0. The molecule has 0 bridgehead atoms. The zero-order valence-corrected chi connectivity index (χ0v) is 11.6. The summed E-state index contributed by atoms with van der Waals surface area (Å²) in [6, 6.07) is 6.42. The normalized spacial score (nSPS) is 19.9. The first kappa shape index (κ1) is 13.8. The first-order chi connectivity index (χ1) is 9.29. The Morgan fingerprint density at radius 2 is 2.37 bits per heavy atom. The van der Waals surface area contributed by atoms with Crippen LogP contribution in [0.15, 0.2) is 18.3 Å². The van der Waals surface area contributed by atoms with Crippen LogP contribution in [0.1, 0.15) is 38.3 Å². The minimum atomic E-state index is 0.465. The molecule has 2 heterocycles. The van der Waals surface area contributed by atoms with Crippen LogP contribution in [0.2, 0.25) is 0 Å². The Morgan fingerprint density at radius 1 is 1.47 bits per heavy atom. The summed E-state index contributed by atoms with van der Waals surface area (Å²) < 4.78 is 0. The first-order valence-electron chi connectivity index (χ1n) is 7.13. The molecule has 4 nitrogen and oxygen atoms in total. The molecule has 1 aliphatic rings. The standard InChI is InChI=1S/C15H22N4/c1-13-5-2-3-9-19(13)10-4-8-17-15-7-6-14(11-16)18-12-15/h6-7,12-13,17H,2-5,8-10H2,1H3. The van der Waals surface area contributed by atoms with Crippen LogP contribution in [-0.2, 0) is 0 Å². The molecular formula is C15H22N4. The van der Waals surface area contributed by atoms with E-state index in [0.29, 0.717) is 5.69 Å². The molecule has 1 saturated heterocycles. The maximum absolute atomic E-state index is 8.67. The van der Waals surface area contributed by atoms with Crippen molar-refractivity contribution in [1.29, 1.82) is 5.26 Å². The number of anilines is 1. The Labute approximate surface area is 115 Å². The molecule has 0 aliphatic carbocycles. The number of pyridine rings is 1. The van der Waals surface area contributed by atoms with Crippen LogP contribution in [0.4, 0.5) is 5.69 Å². The van der Waals surface area contributed by atoms with E-state index in [2.05, 4.69) is 22.1 Å². The summed E-state index contributed by atoms with van der Waals surface area (Å²) in [4.78, 5) is 6.63. The van der Waals surface area contributed by atoms with Gasteiger partial charge < -0.3 is 10.2 Å². The highest BCUT2D eigenvalue weighted by atomic mass is 15.2. The third kappa shape index (κ3) is 4.22. The van der Waals surface area contributed by atoms with Crippen LogP contribution in [-0.4, -0.2) is 35.6 Å². The molecule has 0 saturated carbocycles. The Kier molecular flexibility index (Phi) is 5.17. The van der Waals surface area contributed by atoms with E-state index in [-0.39, 0.29) is 0 Å². The Balaban J connectivity index is 1.67. The molecule has 1 aliphatic heterocycles. The molecule has 19 heavy (non-hydrogen) atoms. The third-order valence-electron chi connectivity index (χ3n) is 3.77. The molecule has 102 valence electrons. The van der Waals surface area contributed by atoms with Crippen LogP contribution in [0.3, 0.4) is 0 Å². The van der Waals surface area contributed by atoms with E-state index in [9.17, 15) is 0 Å². The molecule has 2 rings (SSSR count). The van der Waals surface area contributed by atoms with E-state index < -0.39 is 0 Å². The zero-order valence-electron chi connectivity index (χ0n) is 11.6. The summed E-state index contributed by atoms with van der Waals surface area (Å²) in [5.41, 5.74) is 1.46. The van der Waals surface area contributed by atoms with Gasteiger partial charge >= 0.3 is 0 Å². The van der Waals surface area contributed by atoms with Gasteiger partial charge in [-0.1, -0.05) is 6.42 Å². The van der Waals surface area contributed by atoms with Crippen LogP contribution in [0.25, 0.3) is 0 Å². The van der Waals surface area contributed by atoms with Gasteiger partial charge in [-0.15, -0.1) is 0 Å². The topological polar surface area (TPSA) is 52.0 Å². The molecule has 1 N–H and O–H groups in total. The average Bonchev–Trinajstić information content (AvgIpc) is 2.46. The second kappa shape index (κ2) is 7.10. The van der Waals surface area contributed by atoms with Gasteiger partial charge in [0.25, 0.3) is 0 Å². The lowest BCUT2D eigenvalue weighted by molar-refractivity contribution is 0.160. The van der Waals surface area contributed by atoms with E-state index in [4.69, 9.17) is 5.26 Å². The SMILES string of the molecule is CC1CCCCN1CCCNc1ccc(C#N)nc1.